The van der Waals surface area contributed by atoms with Crippen LogP contribution >= 0.6 is 11.5 Å². The van der Waals surface area contributed by atoms with E-state index in [1.807, 2.05) is 36.5 Å². The molecule has 1 aliphatic carbocycles. The molecule has 2 N–H and O–H groups in total. The highest BCUT2D eigenvalue weighted by molar-refractivity contribution is 7.08. The zero-order valence-electron chi connectivity index (χ0n) is 22.3. The van der Waals surface area contributed by atoms with Crippen LogP contribution in [0.3, 0.4) is 0 Å². The quantitative estimate of drug-likeness (QED) is 0.284. The van der Waals surface area contributed by atoms with E-state index in [0.29, 0.717) is 23.1 Å². The Morgan fingerprint density at radius 2 is 1.98 bits per heavy atom. The van der Waals surface area contributed by atoms with Crippen molar-refractivity contribution in [1.29, 1.82) is 0 Å². The number of pyridine rings is 1. The predicted octanol–water partition coefficient (Wildman–Crippen LogP) is 4.12. The van der Waals surface area contributed by atoms with Gasteiger partial charge in [-0.1, -0.05) is 11.8 Å². The number of hydrogen-bond donors (Lipinski definition) is 2. The van der Waals surface area contributed by atoms with Crippen LogP contribution in [0.5, 0.6) is 5.75 Å². The third-order valence-electron chi connectivity index (χ3n) is 7.18. The number of nitrogens with one attached hydrogen (secondary N) is 2. The number of benzene rings is 1. The molecular formula is C30H28N8O2S. The van der Waals surface area contributed by atoms with E-state index >= 15 is 0 Å². The maximum Gasteiger partial charge on any atom is 0.268 e. The first-order valence-corrected chi connectivity index (χ1v) is 14.6. The van der Waals surface area contributed by atoms with E-state index in [0.717, 1.165) is 66.2 Å². The number of piperidine rings is 1. The molecule has 5 heterocycles. The van der Waals surface area contributed by atoms with Gasteiger partial charge in [0.2, 0.25) is 5.95 Å². The summed E-state index contributed by atoms with van der Waals surface area (Å²) >= 11 is 1.33. The van der Waals surface area contributed by atoms with E-state index in [4.69, 9.17) is 9.72 Å². The molecule has 0 radical (unpaired) electrons. The van der Waals surface area contributed by atoms with Gasteiger partial charge >= 0.3 is 0 Å². The summed E-state index contributed by atoms with van der Waals surface area (Å²) in [5.74, 6) is 7.95. The van der Waals surface area contributed by atoms with E-state index in [9.17, 15) is 4.79 Å². The molecule has 1 saturated carbocycles. The molecule has 1 aromatic carbocycles. The fourth-order valence-electron chi connectivity index (χ4n) is 4.83. The van der Waals surface area contributed by atoms with Gasteiger partial charge in [-0.2, -0.15) is 14.5 Å². The molecule has 0 unspecified atom stereocenters. The van der Waals surface area contributed by atoms with Gasteiger partial charge in [-0.15, -0.1) is 0 Å². The number of hydrogen-bond acceptors (Lipinski definition) is 9. The number of ether oxygens (including phenoxy) is 1. The number of aromatic nitrogens is 6. The monoisotopic (exact) mass is 564 g/mol. The Balaban J connectivity index is 1.20. The van der Waals surface area contributed by atoms with Crippen molar-refractivity contribution in [3.05, 3.63) is 82.7 Å². The first-order chi connectivity index (χ1) is 20.2. The van der Waals surface area contributed by atoms with Crippen LogP contribution in [0.1, 0.15) is 36.8 Å². The molecule has 5 aromatic rings. The summed E-state index contributed by atoms with van der Waals surface area (Å²) in [5, 5.41) is 12.6. The number of nitrogens with zero attached hydrogens (tertiary/aromatic N) is 6. The minimum absolute atomic E-state index is 0.188. The van der Waals surface area contributed by atoms with Crippen molar-refractivity contribution in [2.24, 2.45) is 5.92 Å². The second-order valence-corrected chi connectivity index (χ2v) is 11.1. The Bertz CT molecular complexity index is 1790. The van der Waals surface area contributed by atoms with Gasteiger partial charge in [0.25, 0.3) is 5.56 Å². The summed E-state index contributed by atoms with van der Waals surface area (Å²) in [5.41, 5.74) is 2.47. The standard InChI is InChI=1S/C30H28N8O2S/c39-28-21(5-4-20-2-3-20)16-22-17-32-30(35-24-6-8-25(9-7-24)40-26-10-13-31-14-11-26)36-27(22)37(28)19-23-18-34-41-29(23)38-15-1-12-33-38/h1,6-9,12,15-18,20,26,31H,2-3,10-11,13-14,19H2,(H,32,35,36). The van der Waals surface area contributed by atoms with Crippen molar-refractivity contribution in [2.75, 3.05) is 18.4 Å². The molecular weight excluding hydrogens is 536 g/mol. The maximum absolute atomic E-state index is 13.7. The Morgan fingerprint density at radius 3 is 2.76 bits per heavy atom. The van der Waals surface area contributed by atoms with Crippen LogP contribution in [0.15, 0.2) is 66.0 Å². The van der Waals surface area contributed by atoms with E-state index < -0.39 is 0 Å². The second kappa shape index (κ2) is 11.2. The largest absolute Gasteiger partial charge is 0.490 e. The van der Waals surface area contributed by atoms with Crippen LogP contribution in [0.25, 0.3) is 16.0 Å². The van der Waals surface area contributed by atoms with Crippen molar-refractivity contribution in [3.8, 4) is 22.6 Å². The lowest BCUT2D eigenvalue weighted by Gasteiger charge is -2.23. The van der Waals surface area contributed by atoms with Gasteiger partial charge in [0.15, 0.2) is 0 Å². The number of rotatable bonds is 7. The van der Waals surface area contributed by atoms with Crippen LogP contribution in [0, 0.1) is 17.8 Å². The summed E-state index contributed by atoms with van der Waals surface area (Å²) in [6.07, 6.45) is 11.5. The molecule has 2 aliphatic rings. The molecule has 0 bridgehead atoms. The summed E-state index contributed by atoms with van der Waals surface area (Å²) in [6.45, 7) is 2.24. The van der Waals surface area contributed by atoms with Gasteiger partial charge in [0.1, 0.15) is 22.5 Å². The van der Waals surface area contributed by atoms with E-state index in [-0.39, 0.29) is 18.2 Å². The zero-order valence-corrected chi connectivity index (χ0v) is 23.1. The van der Waals surface area contributed by atoms with Crippen molar-refractivity contribution in [2.45, 2.75) is 38.3 Å². The molecule has 41 heavy (non-hydrogen) atoms. The Kier molecular flexibility index (Phi) is 6.92. The van der Waals surface area contributed by atoms with Crippen LogP contribution in [0.2, 0.25) is 0 Å². The highest BCUT2D eigenvalue weighted by Crippen LogP contribution is 2.28. The smallest absolute Gasteiger partial charge is 0.268 e. The van der Waals surface area contributed by atoms with E-state index in [1.165, 1.54) is 11.5 Å². The molecule has 1 saturated heterocycles. The average molecular weight is 565 g/mol. The lowest BCUT2D eigenvalue weighted by atomic mass is 10.1. The molecule has 206 valence electrons. The van der Waals surface area contributed by atoms with Gasteiger partial charge in [-0.25, -0.2) is 9.67 Å². The fourth-order valence-corrected chi connectivity index (χ4v) is 5.53. The Labute approximate surface area is 240 Å². The van der Waals surface area contributed by atoms with Crippen LogP contribution in [-0.2, 0) is 6.54 Å². The molecule has 11 heteroatoms. The second-order valence-electron chi connectivity index (χ2n) is 10.3. The summed E-state index contributed by atoms with van der Waals surface area (Å²) in [7, 11) is 0. The van der Waals surface area contributed by atoms with E-state index in [2.05, 4.69) is 36.9 Å². The number of anilines is 2. The summed E-state index contributed by atoms with van der Waals surface area (Å²) in [4.78, 5) is 23.1. The van der Waals surface area contributed by atoms with Crippen molar-refractivity contribution >= 4 is 34.2 Å². The molecule has 0 spiro atoms. The SMILES string of the molecule is O=c1c(C#CC2CC2)cc2cnc(Nc3ccc(OC4CCNCC4)cc3)nc2n1Cc1cnsc1-n1cccn1. The van der Waals surface area contributed by atoms with Crippen LogP contribution < -0.4 is 20.9 Å². The van der Waals surface area contributed by atoms with Gasteiger partial charge in [0, 0.05) is 47.3 Å². The lowest BCUT2D eigenvalue weighted by Crippen LogP contribution is -2.34. The fraction of sp³-hybridized carbons (Fsp3) is 0.300. The Hall–Kier alpha value is -4.53. The third kappa shape index (κ3) is 5.70. The lowest BCUT2D eigenvalue weighted by molar-refractivity contribution is 0.162. The van der Waals surface area contributed by atoms with E-state index in [1.54, 1.807) is 33.9 Å². The van der Waals surface area contributed by atoms with Crippen LogP contribution in [-0.4, -0.2) is 47.9 Å². The molecule has 4 aromatic heterocycles. The van der Waals surface area contributed by atoms with Crippen LogP contribution in [0.4, 0.5) is 11.6 Å². The maximum atomic E-state index is 13.7. The topological polar surface area (TPSA) is 112 Å². The van der Waals surface area contributed by atoms with Gasteiger partial charge in [0.05, 0.1) is 12.1 Å². The minimum Gasteiger partial charge on any atom is -0.490 e. The first kappa shape index (κ1) is 25.4. The van der Waals surface area contributed by atoms with Gasteiger partial charge in [-0.3, -0.25) is 9.36 Å². The highest BCUT2D eigenvalue weighted by atomic mass is 32.1. The van der Waals surface area contributed by atoms with Crippen molar-refractivity contribution < 1.29 is 4.74 Å². The van der Waals surface area contributed by atoms with Gasteiger partial charge in [-0.05, 0) is 86.7 Å². The van der Waals surface area contributed by atoms with Crippen molar-refractivity contribution in [1.82, 2.24) is 34.0 Å². The van der Waals surface area contributed by atoms with Gasteiger partial charge < -0.3 is 15.4 Å². The van der Waals surface area contributed by atoms with Crippen molar-refractivity contribution in [3.63, 3.8) is 0 Å². The first-order valence-electron chi connectivity index (χ1n) is 13.8. The molecule has 0 atom stereocenters. The molecule has 2 fully saturated rings. The third-order valence-corrected chi connectivity index (χ3v) is 8.01. The summed E-state index contributed by atoms with van der Waals surface area (Å²) < 4.78 is 13.9. The average Bonchev–Trinajstić information content (AvgIpc) is 3.44. The molecule has 0 amide bonds. The summed E-state index contributed by atoms with van der Waals surface area (Å²) in [6, 6.07) is 11.4. The Morgan fingerprint density at radius 1 is 1.12 bits per heavy atom. The highest BCUT2D eigenvalue weighted by Gasteiger charge is 2.19. The molecule has 7 rings (SSSR count). The normalized spacial score (nSPS) is 15.4. The minimum atomic E-state index is -0.188. The molecule has 1 aliphatic heterocycles. The zero-order chi connectivity index (χ0) is 27.6. The number of fused-ring (bicyclic) bond motifs is 1. The predicted molar refractivity (Wildman–Crippen MR) is 158 cm³/mol. The molecule has 10 nitrogen and oxygen atoms in total.